The number of nitrogen functional groups attached to an aromatic ring is 1. The van der Waals surface area contributed by atoms with Crippen molar-refractivity contribution in [3.05, 3.63) is 22.7 Å². The molecule has 8 heteroatoms. The largest absolute Gasteiger partial charge is 0.394 e. The van der Waals surface area contributed by atoms with Gasteiger partial charge in [-0.15, -0.1) is 0 Å². The third-order valence-electron chi connectivity index (χ3n) is 2.21. The monoisotopic (exact) mass is 246 g/mol. The van der Waals surface area contributed by atoms with Gasteiger partial charge < -0.3 is 25.8 Å². The molecule has 8 nitrogen and oxygen atoms in total. The number of aliphatic hydroxyl groups is 3. The minimum atomic E-state index is -3.25. The van der Waals surface area contributed by atoms with Crippen LogP contribution in [0.5, 0.6) is 0 Å². The summed E-state index contributed by atoms with van der Waals surface area (Å²) < 4.78 is 28.4. The summed E-state index contributed by atoms with van der Waals surface area (Å²) in [4.78, 5) is 15.0. The van der Waals surface area contributed by atoms with Gasteiger partial charge in [0.2, 0.25) is 0 Å². The smallest absolute Gasteiger partial charge is 0.351 e. The zero-order valence-electron chi connectivity index (χ0n) is 11.6. The van der Waals surface area contributed by atoms with Crippen molar-refractivity contribution in [3.63, 3.8) is 0 Å². The summed E-state index contributed by atoms with van der Waals surface area (Å²) in [6.07, 6.45) is -9.96. The predicted molar refractivity (Wildman–Crippen MR) is 55.9 cm³/mol. The lowest BCUT2D eigenvalue weighted by atomic mass is 10.1. The van der Waals surface area contributed by atoms with Crippen molar-refractivity contribution in [2.24, 2.45) is 0 Å². The highest BCUT2D eigenvalue weighted by molar-refractivity contribution is 5.23. The van der Waals surface area contributed by atoms with Gasteiger partial charge in [0, 0.05) is 6.20 Å². The quantitative estimate of drug-likeness (QED) is 0.451. The first kappa shape index (κ1) is 8.59. The summed E-state index contributed by atoms with van der Waals surface area (Å²) in [7, 11) is 0. The second-order valence-corrected chi connectivity index (χ2v) is 3.33. The summed E-state index contributed by atoms with van der Waals surface area (Å²) >= 11 is 0. The molecule has 1 fully saturated rings. The molecule has 2 heterocycles. The average Bonchev–Trinajstić information content (AvgIpc) is 2.47. The topological polar surface area (TPSA) is 131 Å². The summed E-state index contributed by atoms with van der Waals surface area (Å²) in [6.45, 7) is -0.932. The van der Waals surface area contributed by atoms with E-state index in [1.165, 1.54) is 0 Å². The van der Waals surface area contributed by atoms with Gasteiger partial charge in [0.1, 0.15) is 24.1 Å². The Labute approximate surface area is 100 Å². The van der Waals surface area contributed by atoms with Gasteiger partial charge in [0.25, 0.3) is 0 Å². The van der Waals surface area contributed by atoms with Crippen LogP contribution >= 0.6 is 0 Å². The SMILES string of the molecule is [2H][C@]1(O)[C@]([2H])(n2ccc(N)nc2=O)O[C@H](CO)[C@@]1([2H])O. The lowest BCUT2D eigenvalue weighted by molar-refractivity contribution is -0.0549. The van der Waals surface area contributed by atoms with Crippen LogP contribution in [-0.2, 0) is 4.74 Å². The molecule has 1 aromatic rings. The zero-order valence-corrected chi connectivity index (χ0v) is 8.57. The van der Waals surface area contributed by atoms with Gasteiger partial charge in [-0.2, -0.15) is 4.98 Å². The number of anilines is 1. The van der Waals surface area contributed by atoms with Crippen LogP contribution in [0, 0.1) is 0 Å². The fourth-order valence-corrected chi connectivity index (χ4v) is 1.37. The second kappa shape index (κ2) is 4.41. The van der Waals surface area contributed by atoms with Crippen LogP contribution in [0.2, 0.25) is 0 Å². The molecule has 0 spiro atoms. The van der Waals surface area contributed by atoms with Crippen LogP contribution in [0.1, 0.15) is 10.3 Å². The number of nitrogens with zero attached hydrogens (tertiary/aromatic N) is 2. The number of nitrogens with two attached hydrogens (primary N) is 1. The summed E-state index contributed by atoms with van der Waals surface area (Å²) in [5, 5.41) is 28.8. The molecule has 0 bridgehead atoms. The molecule has 0 aliphatic carbocycles. The van der Waals surface area contributed by atoms with Crippen LogP contribution in [-0.4, -0.2) is 49.7 Å². The van der Waals surface area contributed by atoms with E-state index in [9.17, 15) is 15.0 Å². The first-order valence-corrected chi connectivity index (χ1v) is 4.67. The van der Waals surface area contributed by atoms with E-state index in [1.54, 1.807) is 0 Å². The molecule has 1 aromatic heterocycles. The molecular formula is C9H13N3O5. The van der Waals surface area contributed by atoms with Crippen LogP contribution in [0.4, 0.5) is 5.82 Å². The van der Waals surface area contributed by atoms with Crippen LogP contribution in [0.3, 0.4) is 0 Å². The van der Waals surface area contributed by atoms with Crippen LogP contribution in [0.25, 0.3) is 0 Å². The Morgan fingerprint density at radius 3 is 2.82 bits per heavy atom. The number of aliphatic hydroxyl groups excluding tert-OH is 1. The van der Waals surface area contributed by atoms with E-state index in [2.05, 4.69) is 4.98 Å². The van der Waals surface area contributed by atoms with E-state index in [1.807, 2.05) is 0 Å². The van der Waals surface area contributed by atoms with Crippen molar-refractivity contribution in [2.45, 2.75) is 24.5 Å². The van der Waals surface area contributed by atoms with Crippen molar-refractivity contribution in [2.75, 3.05) is 12.3 Å². The third kappa shape index (κ3) is 2.03. The molecule has 1 aliphatic rings. The maximum Gasteiger partial charge on any atom is 0.351 e. The molecular weight excluding hydrogens is 230 g/mol. The zero-order chi connectivity index (χ0) is 15.3. The average molecular weight is 246 g/mol. The van der Waals surface area contributed by atoms with Gasteiger partial charge in [0.05, 0.1) is 10.7 Å². The molecule has 0 unspecified atom stereocenters. The lowest BCUT2D eigenvalue weighted by Crippen LogP contribution is -2.36. The maximum absolute atomic E-state index is 11.7. The first-order chi connectivity index (χ1) is 9.08. The van der Waals surface area contributed by atoms with Gasteiger partial charge in [-0.3, -0.25) is 4.57 Å². The number of rotatable bonds is 2. The third-order valence-corrected chi connectivity index (χ3v) is 2.21. The van der Waals surface area contributed by atoms with E-state index < -0.39 is 36.8 Å². The van der Waals surface area contributed by atoms with Gasteiger partial charge in [-0.05, 0) is 6.07 Å². The molecule has 0 aromatic carbocycles. The fourth-order valence-electron chi connectivity index (χ4n) is 1.37. The Bertz CT molecular complexity index is 592. The Balaban J connectivity index is 2.63. The molecule has 17 heavy (non-hydrogen) atoms. The highest BCUT2D eigenvalue weighted by atomic mass is 16.6. The molecule has 2 rings (SSSR count). The number of ether oxygens (including phenoxy) is 1. The Morgan fingerprint density at radius 2 is 2.29 bits per heavy atom. The fraction of sp³-hybridized carbons (Fsp3) is 0.556. The Kier molecular flexibility index (Phi) is 2.23. The highest BCUT2D eigenvalue weighted by Crippen LogP contribution is 2.27. The molecule has 1 saturated heterocycles. The lowest BCUT2D eigenvalue weighted by Gasteiger charge is -2.16. The molecule has 4 atom stereocenters. The van der Waals surface area contributed by atoms with Crippen molar-refractivity contribution in [1.82, 2.24) is 9.55 Å². The van der Waals surface area contributed by atoms with Crippen molar-refractivity contribution in [1.29, 1.82) is 0 Å². The summed E-state index contributed by atoms with van der Waals surface area (Å²) in [5.41, 5.74) is 4.17. The number of hydrogen-bond acceptors (Lipinski definition) is 7. The van der Waals surface area contributed by atoms with Gasteiger partial charge in [-0.1, -0.05) is 0 Å². The standard InChI is InChI=1S/C9H13N3O5/c10-5-1-2-12(9(16)11-5)8-7(15)6(14)4(3-13)17-8/h1-2,4,6-8,13-15H,3H2,(H2,10,11,16)/t4-,6-,7-,8-/m1/s1/i6D,7D,8D. The molecule has 94 valence electrons. The Morgan fingerprint density at radius 1 is 1.59 bits per heavy atom. The Hall–Kier alpha value is -1.48. The van der Waals surface area contributed by atoms with Crippen LogP contribution in [0.15, 0.2) is 17.1 Å². The minimum absolute atomic E-state index is 0.152. The van der Waals surface area contributed by atoms with E-state index in [0.29, 0.717) is 4.57 Å². The molecule has 0 radical (unpaired) electrons. The van der Waals surface area contributed by atoms with Gasteiger partial charge in [-0.25, -0.2) is 4.79 Å². The second-order valence-electron chi connectivity index (χ2n) is 3.33. The summed E-state index contributed by atoms with van der Waals surface area (Å²) in [6, 6.07) is 1.12. The minimum Gasteiger partial charge on any atom is -0.394 e. The van der Waals surface area contributed by atoms with Crippen molar-refractivity contribution < 1.29 is 24.2 Å². The maximum atomic E-state index is 11.7. The highest BCUT2D eigenvalue weighted by Gasteiger charge is 2.43. The van der Waals surface area contributed by atoms with Crippen molar-refractivity contribution in [3.8, 4) is 0 Å². The first-order valence-electron chi connectivity index (χ1n) is 6.17. The molecule has 5 N–H and O–H groups in total. The van der Waals surface area contributed by atoms with Crippen molar-refractivity contribution >= 4 is 5.82 Å². The van der Waals surface area contributed by atoms with Gasteiger partial charge in [0.15, 0.2) is 6.20 Å². The number of hydrogen-bond donors (Lipinski definition) is 4. The van der Waals surface area contributed by atoms with E-state index in [-0.39, 0.29) is 5.82 Å². The molecule has 0 amide bonds. The van der Waals surface area contributed by atoms with Crippen LogP contribution < -0.4 is 11.4 Å². The normalized spacial score (nSPS) is 48.4. The molecule has 1 aliphatic heterocycles. The van der Waals surface area contributed by atoms with E-state index in [4.69, 9.17) is 19.7 Å². The van der Waals surface area contributed by atoms with Gasteiger partial charge >= 0.3 is 5.69 Å². The number of aromatic nitrogens is 2. The van der Waals surface area contributed by atoms with E-state index >= 15 is 0 Å². The predicted octanol–water partition coefficient (Wildman–Crippen LogP) is -2.56. The van der Waals surface area contributed by atoms with E-state index in [0.717, 1.165) is 12.3 Å². The summed E-state index contributed by atoms with van der Waals surface area (Å²) in [5.74, 6) is -0.152. The molecule has 0 saturated carbocycles.